The highest BCUT2D eigenvalue weighted by Gasteiger charge is 2.28. The Morgan fingerprint density at radius 3 is 2.67 bits per heavy atom. The van der Waals surface area contributed by atoms with Crippen LogP contribution in [0.1, 0.15) is 20.3 Å². The molecule has 1 aromatic rings. The van der Waals surface area contributed by atoms with Crippen molar-refractivity contribution >= 4 is 16.0 Å². The first kappa shape index (κ1) is 14.6. The number of hydrogen-bond donors (Lipinski definition) is 1. The van der Waals surface area contributed by atoms with Crippen LogP contribution in [0, 0.1) is 0 Å². The quantitative estimate of drug-likeness (QED) is 0.833. The van der Waals surface area contributed by atoms with Crippen molar-refractivity contribution in [3.63, 3.8) is 0 Å². The number of pyridine rings is 1. The Bertz CT molecular complexity index is 501. The predicted molar refractivity (Wildman–Crippen MR) is 65.5 cm³/mol. The summed E-state index contributed by atoms with van der Waals surface area (Å²) in [5.74, 6) is -1.03. The SMILES string of the molecule is CCN(C(C)CC(=O)O)S(=O)(=O)c1cccnc1. The Kier molecular flexibility index (Phi) is 4.80. The Hall–Kier alpha value is -1.47. The number of aliphatic carboxylic acids is 1. The number of carboxylic acid groups (broad SMARTS) is 1. The van der Waals surface area contributed by atoms with Gasteiger partial charge >= 0.3 is 5.97 Å². The molecule has 0 aromatic carbocycles. The van der Waals surface area contributed by atoms with Gasteiger partial charge in [-0.2, -0.15) is 4.31 Å². The third-order valence-corrected chi connectivity index (χ3v) is 4.59. The number of carbonyl (C=O) groups is 1. The summed E-state index contributed by atoms with van der Waals surface area (Å²) in [5, 5.41) is 8.73. The maximum atomic E-state index is 12.3. The second-order valence-electron chi connectivity index (χ2n) is 3.84. The van der Waals surface area contributed by atoms with Crippen LogP contribution in [0.25, 0.3) is 0 Å². The van der Waals surface area contributed by atoms with E-state index in [1.165, 1.54) is 24.5 Å². The van der Waals surface area contributed by atoms with Crippen LogP contribution in [-0.2, 0) is 14.8 Å². The third kappa shape index (κ3) is 3.27. The second kappa shape index (κ2) is 5.92. The summed E-state index contributed by atoms with van der Waals surface area (Å²) in [4.78, 5) is 14.5. The van der Waals surface area contributed by atoms with Gasteiger partial charge in [0.25, 0.3) is 0 Å². The molecule has 0 aliphatic heterocycles. The monoisotopic (exact) mass is 272 g/mol. The van der Waals surface area contributed by atoms with Crippen molar-refractivity contribution in [3.05, 3.63) is 24.5 Å². The normalized spacial score (nSPS) is 13.5. The number of sulfonamides is 1. The van der Waals surface area contributed by atoms with E-state index in [-0.39, 0.29) is 17.9 Å². The van der Waals surface area contributed by atoms with Crippen LogP contribution in [0.4, 0.5) is 0 Å². The van der Waals surface area contributed by atoms with Gasteiger partial charge in [0.05, 0.1) is 6.42 Å². The van der Waals surface area contributed by atoms with Gasteiger partial charge in [-0.15, -0.1) is 0 Å². The van der Waals surface area contributed by atoms with Crippen molar-refractivity contribution < 1.29 is 18.3 Å². The summed E-state index contributed by atoms with van der Waals surface area (Å²) in [6.07, 6.45) is 2.51. The Balaban J connectivity index is 3.05. The van der Waals surface area contributed by atoms with Crippen LogP contribution in [0.15, 0.2) is 29.4 Å². The molecule has 18 heavy (non-hydrogen) atoms. The number of hydrogen-bond acceptors (Lipinski definition) is 4. The largest absolute Gasteiger partial charge is 0.481 e. The average molecular weight is 272 g/mol. The molecule has 0 saturated heterocycles. The molecule has 0 bridgehead atoms. The summed E-state index contributed by atoms with van der Waals surface area (Å²) in [5.41, 5.74) is 0. The molecule has 0 aliphatic carbocycles. The fourth-order valence-electron chi connectivity index (χ4n) is 1.71. The first-order valence-corrected chi connectivity index (χ1v) is 6.97. The first-order chi connectivity index (χ1) is 8.39. The highest BCUT2D eigenvalue weighted by atomic mass is 32.2. The van der Waals surface area contributed by atoms with Gasteiger partial charge in [-0.05, 0) is 19.1 Å². The fraction of sp³-hybridized carbons (Fsp3) is 0.455. The van der Waals surface area contributed by atoms with Crippen molar-refractivity contribution in [1.29, 1.82) is 0 Å². The lowest BCUT2D eigenvalue weighted by atomic mass is 10.2. The van der Waals surface area contributed by atoms with E-state index >= 15 is 0 Å². The molecule has 6 nitrogen and oxygen atoms in total. The number of nitrogens with zero attached hydrogens (tertiary/aromatic N) is 2. The van der Waals surface area contributed by atoms with Gasteiger partial charge in [-0.3, -0.25) is 9.78 Å². The molecule has 1 rings (SSSR count). The lowest BCUT2D eigenvalue weighted by Crippen LogP contribution is -2.39. The van der Waals surface area contributed by atoms with Gasteiger partial charge in [0.15, 0.2) is 0 Å². The van der Waals surface area contributed by atoms with Crippen molar-refractivity contribution in [1.82, 2.24) is 9.29 Å². The minimum atomic E-state index is -3.69. The molecule has 1 unspecified atom stereocenters. The minimum Gasteiger partial charge on any atom is -0.481 e. The topological polar surface area (TPSA) is 87.6 Å². The Morgan fingerprint density at radius 2 is 2.22 bits per heavy atom. The van der Waals surface area contributed by atoms with Gasteiger partial charge in [-0.1, -0.05) is 6.92 Å². The molecule has 1 N–H and O–H groups in total. The van der Waals surface area contributed by atoms with Crippen LogP contribution >= 0.6 is 0 Å². The van der Waals surface area contributed by atoms with E-state index in [0.29, 0.717) is 0 Å². The second-order valence-corrected chi connectivity index (χ2v) is 5.73. The number of rotatable bonds is 6. The maximum absolute atomic E-state index is 12.3. The highest BCUT2D eigenvalue weighted by molar-refractivity contribution is 7.89. The summed E-state index contributed by atoms with van der Waals surface area (Å²) >= 11 is 0. The van der Waals surface area contributed by atoms with Gasteiger partial charge in [-0.25, -0.2) is 8.42 Å². The van der Waals surface area contributed by atoms with Crippen LogP contribution in [-0.4, -0.2) is 41.4 Å². The molecule has 7 heteroatoms. The van der Waals surface area contributed by atoms with Crippen molar-refractivity contribution in [2.24, 2.45) is 0 Å². The molecule has 0 radical (unpaired) electrons. The standard InChI is InChI=1S/C11H16N2O4S/c1-3-13(9(2)7-11(14)15)18(16,17)10-5-4-6-12-8-10/h4-6,8-9H,3,7H2,1-2H3,(H,14,15). The van der Waals surface area contributed by atoms with Gasteiger partial charge in [0.2, 0.25) is 10.0 Å². The zero-order chi connectivity index (χ0) is 13.8. The Labute approximate surface area is 106 Å². The van der Waals surface area contributed by atoms with Crippen molar-refractivity contribution in [3.8, 4) is 0 Å². The van der Waals surface area contributed by atoms with E-state index in [1.807, 2.05) is 0 Å². The summed E-state index contributed by atoms with van der Waals surface area (Å²) < 4.78 is 25.7. The maximum Gasteiger partial charge on any atom is 0.304 e. The predicted octanol–water partition coefficient (Wildman–Crippen LogP) is 0.955. The van der Waals surface area contributed by atoms with E-state index in [1.54, 1.807) is 13.8 Å². The molecule has 100 valence electrons. The molecule has 1 atom stereocenters. The van der Waals surface area contributed by atoms with Crippen LogP contribution in [0.5, 0.6) is 0 Å². The average Bonchev–Trinajstić information content (AvgIpc) is 2.29. The molecule has 0 fully saturated rings. The van der Waals surface area contributed by atoms with E-state index in [4.69, 9.17) is 5.11 Å². The minimum absolute atomic E-state index is 0.0732. The number of aromatic nitrogens is 1. The molecule has 0 aliphatic rings. The molecular weight excluding hydrogens is 256 g/mol. The molecular formula is C11H16N2O4S. The van der Waals surface area contributed by atoms with E-state index < -0.39 is 22.0 Å². The van der Waals surface area contributed by atoms with E-state index in [9.17, 15) is 13.2 Å². The van der Waals surface area contributed by atoms with Crippen molar-refractivity contribution in [2.75, 3.05) is 6.54 Å². The third-order valence-electron chi connectivity index (χ3n) is 2.51. The molecule has 0 saturated carbocycles. The molecule has 0 amide bonds. The van der Waals surface area contributed by atoms with Gasteiger partial charge in [0.1, 0.15) is 4.90 Å². The summed E-state index contributed by atoms with van der Waals surface area (Å²) in [7, 11) is -3.69. The molecule has 0 spiro atoms. The molecule has 1 aromatic heterocycles. The van der Waals surface area contributed by atoms with Crippen molar-refractivity contribution in [2.45, 2.75) is 31.2 Å². The Morgan fingerprint density at radius 1 is 1.56 bits per heavy atom. The lowest BCUT2D eigenvalue weighted by Gasteiger charge is -2.25. The van der Waals surface area contributed by atoms with Crippen LogP contribution in [0.3, 0.4) is 0 Å². The van der Waals surface area contributed by atoms with Gasteiger partial charge < -0.3 is 5.11 Å². The van der Waals surface area contributed by atoms with Crippen LogP contribution < -0.4 is 0 Å². The zero-order valence-corrected chi connectivity index (χ0v) is 11.1. The first-order valence-electron chi connectivity index (χ1n) is 5.53. The van der Waals surface area contributed by atoms with Crippen LogP contribution in [0.2, 0.25) is 0 Å². The van der Waals surface area contributed by atoms with E-state index in [0.717, 1.165) is 4.31 Å². The molecule has 1 heterocycles. The van der Waals surface area contributed by atoms with Gasteiger partial charge in [0, 0.05) is 25.0 Å². The summed E-state index contributed by atoms with van der Waals surface area (Å²) in [6.45, 7) is 3.46. The zero-order valence-electron chi connectivity index (χ0n) is 10.3. The lowest BCUT2D eigenvalue weighted by molar-refractivity contribution is -0.137. The highest BCUT2D eigenvalue weighted by Crippen LogP contribution is 2.18. The summed E-state index contributed by atoms with van der Waals surface area (Å²) in [6, 6.07) is 2.37. The smallest absolute Gasteiger partial charge is 0.304 e. The number of carboxylic acids is 1. The fourth-order valence-corrected chi connectivity index (χ4v) is 3.31. The van der Waals surface area contributed by atoms with E-state index in [2.05, 4.69) is 4.98 Å².